The number of hydrogen-bond acceptors (Lipinski definition) is 4. The molecule has 3 rings (SSSR count). The zero-order chi connectivity index (χ0) is 18.4. The van der Waals surface area contributed by atoms with Crippen molar-refractivity contribution in [1.82, 2.24) is 9.80 Å². The molecular formula is C21H32N2O3. The van der Waals surface area contributed by atoms with Gasteiger partial charge in [0.15, 0.2) is 11.5 Å². The summed E-state index contributed by atoms with van der Waals surface area (Å²) in [7, 11) is 3.32. The van der Waals surface area contributed by atoms with Gasteiger partial charge in [-0.2, -0.15) is 0 Å². The summed E-state index contributed by atoms with van der Waals surface area (Å²) < 4.78 is 10.7. The van der Waals surface area contributed by atoms with Gasteiger partial charge in [-0.25, -0.2) is 0 Å². The van der Waals surface area contributed by atoms with Crippen LogP contribution in [-0.2, 0) is 11.3 Å². The molecule has 0 N–H and O–H groups in total. The number of benzene rings is 1. The summed E-state index contributed by atoms with van der Waals surface area (Å²) in [6.07, 6.45) is 6.97. The molecule has 1 aromatic carbocycles. The van der Waals surface area contributed by atoms with E-state index in [9.17, 15) is 4.79 Å². The Bertz CT molecular complexity index is 597. The van der Waals surface area contributed by atoms with Gasteiger partial charge in [0.1, 0.15) is 0 Å². The second kappa shape index (κ2) is 9.26. The average Bonchev–Trinajstić information content (AvgIpc) is 2.97. The molecule has 0 bridgehead atoms. The third kappa shape index (κ3) is 4.70. The molecule has 0 aromatic heterocycles. The highest BCUT2D eigenvalue weighted by atomic mass is 16.5. The van der Waals surface area contributed by atoms with E-state index in [1.54, 1.807) is 14.2 Å². The Labute approximate surface area is 157 Å². The Balaban J connectivity index is 1.60. The molecule has 26 heavy (non-hydrogen) atoms. The van der Waals surface area contributed by atoms with Crippen LogP contribution in [0.3, 0.4) is 0 Å². The number of rotatable bonds is 5. The average molecular weight is 360 g/mol. The lowest BCUT2D eigenvalue weighted by Gasteiger charge is -2.34. The molecule has 0 saturated carbocycles. The summed E-state index contributed by atoms with van der Waals surface area (Å²) >= 11 is 0. The molecule has 1 aromatic rings. The van der Waals surface area contributed by atoms with Crippen LogP contribution in [0.15, 0.2) is 18.2 Å². The number of nitrogens with zero attached hydrogens (tertiary/aromatic N) is 2. The second-order valence-electron chi connectivity index (χ2n) is 7.50. The van der Waals surface area contributed by atoms with Gasteiger partial charge in [0, 0.05) is 26.2 Å². The number of likely N-dealkylation sites (tertiary alicyclic amines) is 2. The number of hydrogen-bond donors (Lipinski definition) is 0. The van der Waals surface area contributed by atoms with Crippen LogP contribution in [0.4, 0.5) is 0 Å². The van der Waals surface area contributed by atoms with Gasteiger partial charge >= 0.3 is 0 Å². The highest BCUT2D eigenvalue weighted by Crippen LogP contribution is 2.29. The van der Waals surface area contributed by atoms with E-state index < -0.39 is 0 Å². The number of carbonyl (C=O) groups excluding carboxylic acids is 1. The van der Waals surface area contributed by atoms with E-state index in [1.807, 2.05) is 12.1 Å². The summed E-state index contributed by atoms with van der Waals surface area (Å²) in [5, 5.41) is 0. The minimum Gasteiger partial charge on any atom is -0.493 e. The maximum absolute atomic E-state index is 13.0. The van der Waals surface area contributed by atoms with E-state index in [2.05, 4.69) is 15.9 Å². The van der Waals surface area contributed by atoms with Crippen LogP contribution in [0, 0.1) is 5.92 Å². The fourth-order valence-electron chi connectivity index (χ4n) is 4.19. The molecular weight excluding hydrogens is 328 g/mol. The van der Waals surface area contributed by atoms with Crippen molar-refractivity contribution >= 4 is 5.91 Å². The van der Waals surface area contributed by atoms with Gasteiger partial charge in [0.25, 0.3) is 0 Å². The number of piperidine rings is 1. The van der Waals surface area contributed by atoms with E-state index in [-0.39, 0.29) is 5.92 Å². The van der Waals surface area contributed by atoms with Crippen LogP contribution in [0.25, 0.3) is 0 Å². The molecule has 0 radical (unpaired) electrons. The van der Waals surface area contributed by atoms with E-state index >= 15 is 0 Å². The van der Waals surface area contributed by atoms with Crippen LogP contribution in [0.2, 0.25) is 0 Å². The normalized spacial score (nSPS) is 21.9. The van der Waals surface area contributed by atoms with Crippen LogP contribution in [-0.4, -0.2) is 56.1 Å². The van der Waals surface area contributed by atoms with Crippen LogP contribution in [0.1, 0.15) is 44.1 Å². The molecule has 2 fully saturated rings. The molecule has 2 aliphatic rings. The van der Waals surface area contributed by atoms with Gasteiger partial charge in [-0.3, -0.25) is 9.69 Å². The minimum atomic E-state index is 0.155. The topological polar surface area (TPSA) is 42.0 Å². The SMILES string of the molecule is COc1ccc(CN2CCC[C@H](C(=O)N3CCCCCC3)C2)cc1OC. The van der Waals surface area contributed by atoms with Crippen LogP contribution >= 0.6 is 0 Å². The lowest BCUT2D eigenvalue weighted by molar-refractivity contribution is -0.137. The van der Waals surface area contributed by atoms with Crippen molar-refractivity contribution in [3.8, 4) is 11.5 Å². The zero-order valence-corrected chi connectivity index (χ0v) is 16.2. The van der Waals surface area contributed by atoms with Crippen LogP contribution in [0.5, 0.6) is 11.5 Å². The molecule has 2 saturated heterocycles. The molecule has 2 heterocycles. The van der Waals surface area contributed by atoms with E-state index in [4.69, 9.17) is 9.47 Å². The fraction of sp³-hybridized carbons (Fsp3) is 0.667. The Morgan fingerprint density at radius 3 is 2.42 bits per heavy atom. The van der Waals surface area contributed by atoms with Gasteiger partial charge in [0.05, 0.1) is 20.1 Å². The summed E-state index contributed by atoms with van der Waals surface area (Å²) in [6, 6.07) is 6.08. The molecule has 144 valence electrons. The fourth-order valence-corrected chi connectivity index (χ4v) is 4.19. The third-order valence-corrected chi connectivity index (χ3v) is 5.63. The van der Waals surface area contributed by atoms with Gasteiger partial charge in [-0.15, -0.1) is 0 Å². The monoisotopic (exact) mass is 360 g/mol. The Kier molecular flexibility index (Phi) is 6.78. The minimum absolute atomic E-state index is 0.155. The molecule has 1 atom stereocenters. The first-order valence-corrected chi connectivity index (χ1v) is 9.93. The maximum Gasteiger partial charge on any atom is 0.226 e. The Hall–Kier alpha value is -1.75. The van der Waals surface area contributed by atoms with Crippen molar-refractivity contribution < 1.29 is 14.3 Å². The lowest BCUT2D eigenvalue weighted by atomic mass is 9.96. The summed E-state index contributed by atoms with van der Waals surface area (Å²) in [5.74, 6) is 2.05. The van der Waals surface area contributed by atoms with E-state index in [1.165, 1.54) is 18.4 Å². The zero-order valence-electron chi connectivity index (χ0n) is 16.2. The number of amides is 1. The molecule has 2 aliphatic heterocycles. The largest absolute Gasteiger partial charge is 0.493 e. The van der Waals surface area contributed by atoms with Crippen molar-refractivity contribution in [3.05, 3.63) is 23.8 Å². The van der Waals surface area contributed by atoms with Gasteiger partial charge in [-0.1, -0.05) is 18.9 Å². The second-order valence-corrected chi connectivity index (χ2v) is 7.50. The predicted molar refractivity (Wildman–Crippen MR) is 103 cm³/mol. The van der Waals surface area contributed by atoms with Gasteiger partial charge in [0.2, 0.25) is 5.91 Å². The third-order valence-electron chi connectivity index (χ3n) is 5.63. The molecule has 1 amide bonds. The molecule has 5 nitrogen and oxygen atoms in total. The van der Waals surface area contributed by atoms with Crippen molar-refractivity contribution in [2.24, 2.45) is 5.92 Å². The predicted octanol–water partition coefficient (Wildman–Crippen LogP) is 3.32. The lowest BCUT2D eigenvalue weighted by Crippen LogP contribution is -2.44. The van der Waals surface area contributed by atoms with Crippen molar-refractivity contribution in [1.29, 1.82) is 0 Å². The number of methoxy groups -OCH3 is 2. The van der Waals surface area contributed by atoms with Gasteiger partial charge in [-0.05, 0) is 49.9 Å². The standard InChI is InChI=1S/C21H32N2O3/c1-25-19-10-9-17(14-20(19)26-2)15-22-11-7-8-18(16-22)21(24)23-12-5-3-4-6-13-23/h9-10,14,18H,3-8,11-13,15-16H2,1-2H3/t18-/m0/s1. The maximum atomic E-state index is 13.0. The Morgan fingerprint density at radius 1 is 1.00 bits per heavy atom. The smallest absolute Gasteiger partial charge is 0.226 e. The Morgan fingerprint density at radius 2 is 1.73 bits per heavy atom. The molecule has 0 spiro atoms. The summed E-state index contributed by atoms with van der Waals surface area (Å²) in [5.41, 5.74) is 1.20. The number of ether oxygens (including phenoxy) is 2. The molecule has 0 aliphatic carbocycles. The molecule has 5 heteroatoms. The highest BCUT2D eigenvalue weighted by Gasteiger charge is 2.29. The van der Waals surface area contributed by atoms with Gasteiger partial charge < -0.3 is 14.4 Å². The van der Waals surface area contributed by atoms with Crippen LogP contribution < -0.4 is 9.47 Å². The van der Waals surface area contributed by atoms with Crippen molar-refractivity contribution in [2.45, 2.75) is 45.1 Å². The highest BCUT2D eigenvalue weighted by molar-refractivity contribution is 5.79. The van der Waals surface area contributed by atoms with E-state index in [0.29, 0.717) is 5.91 Å². The first kappa shape index (κ1) is 19.0. The number of carbonyl (C=O) groups is 1. The van der Waals surface area contributed by atoms with E-state index in [0.717, 1.165) is 69.9 Å². The first-order valence-electron chi connectivity index (χ1n) is 9.93. The quantitative estimate of drug-likeness (QED) is 0.808. The molecule has 0 unspecified atom stereocenters. The van der Waals surface area contributed by atoms with Crippen molar-refractivity contribution in [2.75, 3.05) is 40.4 Å². The first-order chi connectivity index (χ1) is 12.7. The summed E-state index contributed by atoms with van der Waals surface area (Å²) in [6.45, 7) is 4.67. The van der Waals surface area contributed by atoms with Crippen molar-refractivity contribution in [3.63, 3.8) is 0 Å². The summed E-state index contributed by atoms with van der Waals surface area (Å²) in [4.78, 5) is 17.5.